The average Bonchev–Trinajstić information content (AvgIpc) is 2.79. The summed E-state index contributed by atoms with van der Waals surface area (Å²) in [6, 6.07) is 10.3. The maximum absolute atomic E-state index is 5.52. The van der Waals surface area contributed by atoms with Crippen LogP contribution < -0.4 is 5.32 Å². The lowest BCUT2D eigenvalue weighted by atomic mass is 10.1. The quantitative estimate of drug-likeness (QED) is 0.836. The largest absolute Gasteiger partial charge is 0.467 e. The molecule has 1 N–H and O–H groups in total. The fraction of sp³-hybridized carbons (Fsp3) is 0.286. The predicted octanol–water partition coefficient (Wildman–Crippen LogP) is 4.21. The van der Waals surface area contributed by atoms with E-state index in [2.05, 4.69) is 40.3 Å². The molecule has 0 atom stereocenters. The Morgan fingerprint density at radius 1 is 1.18 bits per heavy atom. The van der Waals surface area contributed by atoms with Gasteiger partial charge in [-0.1, -0.05) is 35.0 Å². The van der Waals surface area contributed by atoms with Crippen molar-refractivity contribution >= 4 is 15.9 Å². The first-order valence-electron chi connectivity index (χ1n) is 5.84. The molecule has 0 radical (unpaired) electrons. The molecule has 0 saturated carbocycles. The molecule has 0 fully saturated rings. The van der Waals surface area contributed by atoms with Gasteiger partial charge in [0, 0.05) is 10.0 Å². The highest BCUT2D eigenvalue weighted by Crippen LogP contribution is 2.26. The van der Waals surface area contributed by atoms with E-state index in [0.717, 1.165) is 29.7 Å². The second-order valence-corrected chi connectivity index (χ2v) is 4.86. The molecule has 0 aliphatic carbocycles. The van der Waals surface area contributed by atoms with E-state index < -0.39 is 0 Å². The van der Waals surface area contributed by atoms with Crippen molar-refractivity contribution in [3.63, 3.8) is 0 Å². The van der Waals surface area contributed by atoms with E-state index >= 15 is 0 Å². The second kappa shape index (κ2) is 6.03. The lowest BCUT2D eigenvalue weighted by molar-refractivity contribution is 0.484. The van der Waals surface area contributed by atoms with Crippen molar-refractivity contribution in [3.05, 3.63) is 46.8 Å². The molecule has 90 valence electrons. The SMILES string of the molecule is CCCNCc1occc1-c1ccc(Br)cc1. The van der Waals surface area contributed by atoms with Crippen LogP contribution in [0.4, 0.5) is 0 Å². The minimum Gasteiger partial charge on any atom is -0.467 e. The molecule has 1 heterocycles. The van der Waals surface area contributed by atoms with Crippen LogP contribution in [0, 0.1) is 0 Å². The standard InChI is InChI=1S/C14H16BrNO/c1-2-8-16-10-14-13(7-9-17-14)11-3-5-12(15)6-4-11/h3-7,9,16H,2,8,10H2,1H3. The van der Waals surface area contributed by atoms with Gasteiger partial charge >= 0.3 is 0 Å². The minimum absolute atomic E-state index is 0.784. The van der Waals surface area contributed by atoms with E-state index in [1.165, 1.54) is 11.1 Å². The highest BCUT2D eigenvalue weighted by atomic mass is 79.9. The van der Waals surface area contributed by atoms with Crippen molar-refractivity contribution in [1.82, 2.24) is 5.32 Å². The minimum atomic E-state index is 0.784. The third-order valence-corrected chi connectivity index (χ3v) is 3.14. The molecule has 2 rings (SSSR count). The Kier molecular flexibility index (Phi) is 4.40. The summed E-state index contributed by atoms with van der Waals surface area (Å²) < 4.78 is 6.61. The van der Waals surface area contributed by atoms with Crippen LogP contribution in [0.2, 0.25) is 0 Å². The van der Waals surface area contributed by atoms with Gasteiger partial charge in [-0.2, -0.15) is 0 Å². The molecule has 0 unspecified atom stereocenters. The van der Waals surface area contributed by atoms with Crippen LogP contribution in [0.1, 0.15) is 19.1 Å². The third kappa shape index (κ3) is 3.20. The summed E-state index contributed by atoms with van der Waals surface area (Å²) in [7, 11) is 0. The molecule has 0 amide bonds. The molecule has 3 heteroatoms. The topological polar surface area (TPSA) is 25.2 Å². The number of rotatable bonds is 5. The highest BCUT2D eigenvalue weighted by molar-refractivity contribution is 9.10. The van der Waals surface area contributed by atoms with E-state index in [1.807, 2.05) is 18.2 Å². The predicted molar refractivity (Wildman–Crippen MR) is 73.8 cm³/mol. The second-order valence-electron chi connectivity index (χ2n) is 3.94. The molecule has 1 aromatic heterocycles. The van der Waals surface area contributed by atoms with Gasteiger partial charge in [-0.15, -0.1) is 0 Å². The molecule has 0 aliphatic rings. The van der Waals surface area contributed by atoms with Crippen LogP contribution in [0.15, 0.2) is 45.5 Å². The first kappa shape index (κ1) is 12.4. The molecule has 1 aromatic carbocycles. The first-order valence-corrected chi connectivity index (χ1v) is 6.63. The molecule has 17 heavy (non-hydrogen) atoms. The number of nitrogens with one attached hydrogen (secondary N) is 1. The summed E-state index contributed by atoms with van der Waals surface area (Å²) in [4.78, 5) is 0. The first-order chi connectivity index (χ1) is 8.31. The van der Waals surface area contributed by atoms with Crippen LogP contribution in [0.5, 0.6) is 0 Å². The molecule has 0 bridgehead atoms. The van der Waals surface area contributed by atoms with Crippen molar-refractivity contribution in [2.45, 2.75) is 19.9 Å². The Bertz CT molecular complexity index is 461. The van der Waals surface area contributed by atoms with Gasteiger partial charge < -0.3 is 9.73 Å². The van der Waals surface area contributed by atoms with E-state index in [9.17, 15) is 0 Å². The smallest absolute Gasteiger partial charge is 0.125 e. The summed E-state index contributed by atoms with van der Waals surface area (Å²) in [6.45, 7) is 3.96. The Labute approximate surface area is 110 Å². The van der Waals surface area contributed by atoms with Crippen molar-refractivity contribution < 1.29 is 4.42 Å². The highest BCUT2D eigenvalue weighted by Gasteiger charge is 2.07. The van der Waals surface area contributed by atoms with Crippen LogP contribution in [0.25, 0.3) is 11.1 Å². The average molecular weight is 294 g/mol. The molecular weight excluding hydrogens is 278 g/mol. The van der Waals surface area contributed by atoms with E-state index in [-0.39, 0.29) is 0 Å². The third-order valence-electron chi connectivity index (χ3n) is 2.61. The Hall–Kier alpha value is -1.06. The van der Waals surface area contributed by atoms with Crippen LogP contribution in [-0.4, -0.2) is 6.54 Å². The van der Waals surface area contributed by atoms with Crippen molar-refractivity contribution in [2.24, 2.45) is 0 Å². The maximum atomic E-state index is 5.52. The van der Waals surface area contributed by atoms with Gasteiger partial charge in [0.15, 0.2) is 0 Å². The number of hydrogen-bond donors (Lipinski definition) is 1. The van der Waals surface area contributed by atoms with E-state index in [1.54, 1.807) is 6.26 Å². The van der Waals surface area contributed by atoms with Gasteiger partial charge in [-0.05, 0) is 36.7 Å². The molecule has 2 nitrogen and oxygen atoms in total. The monoisotopic (exact) mass is 293 g/mol. The van der Waals surface area contributed by atoms with E-state index in [4.69, 9.17) is 4.42 Å². The molecule has 0 spiro atoms. The zero-order valence-corrected chi connectivity index (χ0v) is 11.5. The summed E-state index contributed by atoms with van der Waals surface area (Å²) in [6.07, 6.45) is 2.88. The van der Waals surface area contributed by atoms with Crippen molar-refractivity contribution in [3.8, 4) is 11.1 Å². The Morgan fingerprint density at radius 3 is 2.65 bits per heavy atom. The number of hydrogen-bond acceptors (Lipinski definition) is 2. The molecular formula is C14H16BrNO. The van der Waals surface area contributed by atoms with E-state index in [0.29, 0.717) is 0 Å². The molecule has 0 saturated heterocycles. The molecule has 0 aliphatic heterocycles. The number of furan rings is 1. The van der Waals surface area contributed by atoms with Crippen LogP contribution in [-0.2, 0) is 6.54 Å². The zero-order chi connectivity index (χ0) is 12.1. The van der Waals surface area contributed by atoms with Gasteiger partial charge in [0.25, 0.3) is 0 Å². The van der Waals surface area contributed by atoms with Crippen molar-refractivity contribution in [2.75, 3.05) is 6.54 Å². The Morgan fingerprint density at radius 2 is 1.94 bits per heavy atom. The van der Waals surface area contributed by atoms with Gasteiger partial charge in [-0.3, -0.25) is 0 Å². The molecule has 2 aromatic rings. The lowest BCUT2D eigenvalue weighted by Gasteiger charge is -2.04. The van der Waals surface area contributed by atoms with Gasteiger partial charge in [0.2, 0.25) is 0 Å². The normalized spacial score (nSPS) is 10.7. The van der Waals surface area contributed by atoms with Gasteiger partial charge in [0.1, 0.15) is 5.76 Å². The fourth-order valence-corrected chi connectivity index (χ4v) is 2.01. The van der Waals surface area contributed by atoms with Crippen LogP contribution in [0.3, 0.4) is 0 Å². The lowest BCUT2D eigenvalue weighted by Crippen LogP contribution is -2.13. The maximum Gasteiger partial charge on any atom is 0.125 e. The summed E-state index contributed by atoms with van der Waals surface area (Å²) >= 11 is 3.44. The summed E-state index contributed by atoms with van der Waals surface area (Å²) in [5, 5.41) is 3.36. The summed E-state index contributed by atoms with van der Waals surface area (Å²) in [5.74, 6) is 1.00. The summed E-state index contributed by atoms with van der Waals surface area (Å²) in [5.41, 5.74) is 2.36. The van der Waals surface area contributed by atoms with Crippen LogP contribution >= 0.6 is 15.9 Å². The fourth-order valence-electron chi connectivity index (χ4n) is 1.74. The number of benzene rings is 1. The Balaban J connectivity index is 2.15. The van der Waals surface area contributed by atoms with Gasteiger partial charge in [0.05, 0.1) is 12.8 Å². The number of halogens is 1. The zero-order valence-electron chi connectivity index (χ0n) is 9.87. The van der Waals surface area contributed by atoms with Crippen molar-refractivity contribution in [1.29, 1.82) is 0 Å². The van der Waals surface area contributed by atoms with Gasteiger partial charge in [-0.25, -0.2) is 0 Å².